The second-order valence-electron chi connectivity index (χ2n) is 4.82. The molecule has 0 aromatic heterocycles. The molecule has 3 N–H and O–H groups in total. The van der Waals surface area contributed by atoms with Gasteiger partial charge in [-0.3, -0.25) is 0 Å². The molecule has 13 heavy (non-hydrogen) atoms. The first-order valence-corrected chi connectivity index (χ1v) is 5.02. The van der Waals surface area contributed by atoms with Crippen molar-refractivity contribution >= 4 is 5.84 Å². The summed E-state index contributed by atoms with van der Waals surface area (Å²) in [6.07, 6.45) is 5.74. The normalized spacial score (nSPS) is 29.7. The Balaban J connectivity index is 2.55. The first-order chi connectivity index (χ1) is 6.05. The highest BCUT2D eigenvalue weighted by atomic mass is 16.4. The highest BCUT2D eigenvalue weighted by Crippen LogP contribution is 2.36. The van der Waals surface area contributed by atoms with Gasteiger partial charge in [-0.15, -0.1) is 0 Å². The molecule has 1 fully saturated rings. The third-order valence-electron chi connectivity index (χ3n) is 3.11. The van der Waals surface area contributed by atoms with Crippen molar-refractivity contribution in [2.24, 2.45) is 22.2 Å². The van der Waals surface area contributed by atoms with Gasteiger partial charge in [-0.2, -0.15) is 0 Å². The van der Waals surface area contributed by atoms with Crippen LogP contribution < -0.4 is 5.73 Å². The fourth-order valence-electron chi connectivity index (χ4n) is 2.04. The second-order valence-corrected chi connectivity index (χ2v) is 4.82. The number of oxime groups is 1. The van der Waals surface area contributed by atoms with Crippen LogP contribution in [0.5, 0.6) is 0 Å². The summed E-state index contributed by atoms with van der Waals surface area (Å²) in [6.45, 7) is 4.59. The molecule has 0 aromatic carbocycles. The van der Waals surface area contributed by atoms with Gasteiger partial charge in [-0.1, -0.05) is 25.4 Å². The zero-order valence-electron chi connectivity index (χ0n) is 8.58. The van der Waals surface area contributed by atoms with E-state index in [9.17, 15) is 0 Å². The molecule has 0 radical (unpaired) electrons. The number of amidine groups is 1. The van der Waals surface area contributed by atoms with Gasteiger partial charge in [-0.05, 0) is 31.1 Å². The molecule has 0 aliphatic heterocycles. The summed E-state index contributed by atoms with van der Waals surface area (Å²) in [6, 6.07) is 0. The van der Waals surface area contributed by atoms with Gasteiger partial charge in [0.2, 0.25) is 0 Å². The molecule has 0 aromatic rings. The third-order valence-corrected chi connectivity index (χ3v) is 3.11. The number of rotatable bonds is 1. The minimum atomic E-state index is 0.298. The lowest BCUT2D eigenvalue weighted by atomic mass is 9.85. The van der Waals surface area contributed by atoms with E-state index in [0.717, 1.165) is 12.8 Å². The molecule has 3 heteroatoms. The van der Waals surface area contributed by atoms with Crippen LogP contribution in [-0.2, 0) is 0 Å². The van der Waals surface area contributed by atoms with Gasteiger partial charge in [0.1, 0.15) is 5.84 Å². The van der Waals surface area contributed by atoms with Crippen LogP contribution in [0.2, 0.25) is 0 Å². The lowest BCUT2D eigenvalue weighted by molar-refractivity contribution is 0.305. The third kappa shape index (κ3) is 2.90. The van der Waals surface area contributed by atoms with Crippen molar-refractivity contribution in [3.05, 3.63) is 0 Å². The van der Waals surface area contributed by atoms with E-state index in [1.807, 2.05) is 0 Å². The SMILES string of the molecule is CC1(C)CCCC(C(N)=NO)CC1. The van der Waals surface area contributed by atoms with E-state index in [1.165, 1.54) is 19.3 Å². The second kappa shape index (κ2) is 3.99. The van der Waals surface area contributed by atoms with Crippen molar-refractivity contribution in [2.45, 2.75) is 46.0 Å². The predicted molar refractivity (Wildman–Crippen MR) is 53.8 cm³/mol. The summed E-state index contributed by atoms with van der Waals surface area (Å²) in [5, 5.41) is 11.7. The fourth-order valence-corrected chi connectivity index (χ4v) is 2.04. The Kier molecular flexibility index (Phi) is 3.17. The fraction of sp³-hybridized carbons (Fsp3) is 0.900. The summed E-state index contributed by atoms with van der Waals surface area (Å²) in [5.41, 5.74) is 6.04. The monoisotopic (exact) mass is 184 g/mol. The number of hydrogen-bond donors (Lipinski definition) is 2. The van der Waals surface area contributed by atoms with Crippen LogP contribution in [0.25, 0.3) is 0 Å². The first-order valence-electron chi connectivity index (χ1n) is 5.02. The van der Waals surface area contributed by atoms with Crippen molar-refractivity contribution in [3.63, 3.8) is 0 Å². The van der Waals surface area contributed by atoms with Crippen LogP contribution in [0.1, 0.15) is 46.0 Å². The van der Waals surface area contributed by atoms with E-state index in [2.05, 4.69) is 19.0 Å². The van der Waals surface area contributed by atoms with Crippen molar-refractivity contribution in [1.29, 1.82) is 0 Å². The topological polar surface area (TPSA) is 58.6 Å². The van der Waals surface area contributed by atoms with Crippen molar-refractivity contribution < 1.29 is 5.21 Å². The average Bonchev–Trinajstić information content (AvgIpc) is 2.25. The molecular formula is C10H20N2O. The molecule has 0 amide bonds. The molecule has 0 heterocycles. The molecule has 1 aliphatic carbocycles. The molecule has 1 atom stereocenters. The first kappa shape index (κ1) is 10.4. The minimum absolute atomic E-state index is 0.298. The van der Waals surface area contributed by atoms with E-state index in [0.29, 0.717) is 17.2 Å². The maximum absolute atomic E-state index is 8.57. The number of nitrogens with zero attached hydrogens (tertiary/aromatic N) is 1. The maximum atomic E-state index is 8.57. The molecule has 3 nitrogen and oxygen atoms in total. The number of hydrogen-bond acceptors (Lipinski definition) is 2. The Morgan fingerprint density at radius 2 is 2.08 bits per heavy atom. The summed E-state index contributed by atoms with van der Waals surface area (Å²) in [4.78, 5) is 0. The molecule has 76 valence electrons. The van der Waals surface area contributed by atoms with Crippen molar-refractivity contribution in [3.8, 4) is 0 Å². The van der Waals surface area contributed by atoms with Crippen LogP contribution in [0.3, 0.4) is 0 Å². The van der Waals surface area contributed by atoms with E-state index in [1.54, 1.807) is 0 Å². The zero-order valence-corrected chi connectivity index (χ0v) is 8.58. The quantitative estimate of drug-likeness (QED) is 0.216. The van der Waals surface area contributed by atoms with Crippen molar-refractivity contribution in [1.82, 2.24) is 0 Å². The highest BCUT2D eigenvalue weighted by molar-refractivity contribution is 5.82. The van der Waals surface area contributed by atoms with E-state index < -0.39 is 0 Å². The Labute approximate surface area is 80.0 Å². The van der Waals surface area contributed by atoms with Gasteiger partial charge in [0.15, 0.2) is 0 Å². The maximum Gasteiger partial charge on any atom is 0.142 e. The minimum Gasteiger partial charge on any atom is -0.409 e. The van der Waals surface area contributed by atoms with Gasteiger partial charge in [-0.25, -0.2) is 0 Å². The molecule has 1 rings (SSSR count). The lowest BCUT2D eigenvalue weighted by Crippen LogP contribution is -2.23. The van der Waals surface area contributed by atoms with Crippen LogP contribution in [0, 0.1) is 11.3 Å². The Hall–Kier alpha value is -0.730. The van der Waals surface area contributed by atoms with Gasteiger partial charge in [0.05, 0.1) is 0 Å². The van der Waals surface area contributed by atoms with Crippen LogP contribution in [-0.4, -0.2) is 11.0 Å². The van der Waals surface area contributed by atoms with Gasteiger partial charge in [0, 0.05) is 5.92 Å². The van der Waals surface area contributed by atoms with Crippen LogP contribution >= 0.6 is 0 Å². The number of nitrogens with two attached hydrogens (primary N) is 1. The molecule has 0 bridgehead atoms. The van der Waals surface area contributed by atoms with Crippen LogP contribution in [0.4, 0.5) is 0 Å². The van der Waals surface area contributed by atoms with E-state index in [4.69, 9.17) is 10.9 Å². The largest absolute Gasteiger partial charge is 0.409 e. The Morgan fingerprint density at radius 3 is 2.69 bits per heavy atom. The zero-order chi connectivity index (χ0) is 9.90. The van der Waals surface area contributed by atoms with Gasteiger partial charge >= 0.3 is 0 Å². The van der Waals surface area contributed by atoms with Crippen LogP contribution in [0.15, 0.2) is 5.16 Å². The molecule has 1 aliphatic rings. The summed E-state index contributed by atoms with van der Waals surface area (Å²) in [7, 11) is 0. The molecular weight excluding hydrogens is 164 g/mol. The summed E-state index contributed by atoms with van der Waals surface area (Å²) >= 11 is 0. The molecule has 0 spiro atoms. The standard InChI is InChI=1S/C10H20N2O/c1-10(2)6-3-4-8(5-7-10)9(11)12-13/h8,13H,3-7H2,1-2H3,(H2,11,12). The Morgan fingerprint density at radius 1 is 1.38 bits per heavy atom. The highest BCUT2D eigenvalue weighted by Gasteiger charge is 2.25. The average molecular weight is 184 g/mol. The smallest absolute Gasteiger partial charge is 0.142 e. The van der Waals surface area contributed by atoms with Crippen molar-refractivity contribution in [2.75, 3.05) is 0 Å². The predicted octanol–water partition coefficient (Wildman–Crippen LogP) is 2.34. The molecule has 1 saturated carbocycles. The van der Waals surface area contributed by atoms with Gasteiger partial charge in [0.25, 0.3) is 0 Å². The van der Waals surface area contributed by atoms with Gasteiger partial charge < -0.3 is 10.9 Å². The summed E-state index contributed by atoms with van der Waals surface area (Å²) < 4.78 is 0. The van der Waals surface area contributed by atoms with E-state index in [-0.39, 0.29) is 0 Å². The summed E-state index contributed by atoms with van der Waals surface area (Å²) in [5.74, 6) is 0.712. The lowest BCUT2D eigenvalue weighted by Gasteiger charge is -2.21. The Bertz CT molecular complexity index is 199. The van der Waals surface area contributed by atoms with E-state index >= 15 is 0 Å². The molecule has 1 unspecified atom stereocenters. The molecule has 0 saturated heterocycles.